The molecule has 0 unspecified atom stereocenters. The monoisotopic (exact) mass is 415 g/mol. The molecule has 0 aliphatic rings. The van der Waals surface area contributed by atoms with Crippen molar-refractivity contribution in [1.82, 2.24) is 4.90 Å². The van der Waals surface area contributed by atoms with Crippen LogP contribution in [0.3, 0.4) is 0 Å². The third-order valence-electron chi connectivity index (χ3n) is 4.95. The number of amides is 1. The fourth-order valence-corrected chi connectivity index (χ4v) is 3.11. The van der Waals surface area contributed by atoms with Crippen molar-refractivity contribution in [1.29, 1.82) is 0 Å². The van der Waals surface area contributed by atoms with Gasteiger partial charge in [-0.3, -0.25) is 4.79 Å². The van der Waals surface area contributed by atoms with Crippen LogP contribution in [0.25, 0.3) is 0 Å². The summed E-state index contributed by atoms with van der Waals surface area (Å²) >= 11 is 0. The molecule has 0 fully saturated rings. The first-order valence-electron chi connectivity index (χ1n) is 11.6. The van der Waals surface area contributed by atoms with Gasteiger partial charge in [-0.2, -0.15) is 0 Å². The molecule has 6 heteroatoms. The van der Waals surface area contributed by atoms with E-state index >= 15 is 0 Å². The van der Waals surface area contributed by atoms with E-state index < -0.39 is 12.1 Å². The van der Waals surface area contributed by atoms with Gasteiger partial charge in [-0.05, 0) is 6.42 Å². The standard InChI is InChI=1S/C23H45NO5/c1-4-5-6-7-8-9-10-11-12-13-14-15-16-17-18-28-22(25)21-24(2)23(26)29-20-19-27-3/h4-21H2,1-3H3. The molecule has 0 saturated carbocycles. The van der Waals surface area contributed by atoms with Crippen LogP contribution in [-0.2, 0) is 19.0 Å². The average molecular weight is 416 g/mol. The van der Waals surface area contributed by atoms with Crippen LogP contribution < -0.4 is 0 Å². The molecule has 0 aromatic carbocycles. The van der Waals surface area contributed by atoms with Gasteiger partial charge in [-0.25, -0.2) is 4.79 Å². The Morgan fingerprint density at radius 3 is 1.62 bits per heavy atom. The lowest BCUT2D eigenvalue weighted by Gasteiger charge is -2.16. The van der Waals surface area contributed by atoms with Crippen molar-refractivity contribution in [2.24, 2.45) is 0 Å². The third kappa shape index (κ3) is 19.8. The molecule has 0 rings (SSSR count). The van der Waals surface area contributed by atoms with Gasteiger partial charge in [0.1, 0.15) is 13.2 Å². The summed E-state index contributed by atoms with van der Waals surface area (Å²) in [6, 6.07) is 0. The summed E-state index contributed by atoms with van der Waals surface area (Å²) in [5.41, 5.74) is 0. The highest BCUT2D eigenvalue weighted by molar-refractivity contribution is 5.77. The van der Waals surface area contributed by atoms with Gasteiger partial charge in [0.25, 0.3) is 0 Å². The first kappa shape index (κ1) is 27.7. The predicted molar refractivity (Wildman–Crippen MR) is 117 cm³/mol. The lowest BCUT2D eigenvalue weighted by molar-refractivity contribution is -0.144. The number of hydrogen-bond donors (Lipinski definition) is 0. The summed E-state index contributed by atoms with van der Waals surface area (Å²) < 4.78 is 14.9. The van der Waals surface area contributed by atoms with Crippen LogP contribution in [0.15, 0.2) is 0 Å². The van der Waals surface area contributed by atoms with Crippen molar-refractivity contribution in [3.05, 3.63) is 0 Å². The minimum absolute atomic E-state index is 0.0928. The summed E-state index contributed by atoms with van der Waals surface area (Å²) in [5.74, 6) is -0.397. The summed E-state index contributed by atoms with van der Waals surface area (Å²) in [5, 5.41) is 0. The average Bonchev–Trinajstić information content (AvgIpc) is 2.70. The highest BCUT2D eigenvalue weighted by Gasteiger charge is 2.14. The number of ether oxygens (including phenoxy) is 3. The van der Waals surface area contributed by atoms with E-state index in [1.807, 2.05) is 0 Å². The molecule has 1 amide bonds. The Morgan fingerprint density at radius 2 is 1.14 bits per heavy atom. The normalized spacial score (nSPS) is 10.7. The first-order valence-corrected chi connectivity index (χ1v) is 11.6. The molecular formula is C23H45NO5. The van der Waals surface area contributed by atoms with E-state index in [1.54, 1.807) is 0 Å². The predicted octanol–water partition coefficient (Wildman–Crippen LogP) is 5.73. The molecule has 0 bridgehead atoms. The summed E-state index contributed by atoms with van der Waals surface area (Å²) in [6.45, 7) is 3.10. The second-order valence-electron chi connectivity index (χ2n) is 7.78. The van der Waals surface area contributed by atoms with Crippen molar-refractivity contribution in [3.8, 4) is 0 Å². The molecule has 29 heavy (non-hydrogen) atoms. The van der Waals surface area contributed by atoms with E-state index in [1.165, 1.54) is 96.1 Å². The Balaban J connectivity index is 3.35. The molecule has 0 atom stereocenters. The lowest BCUT2D eigenvalue weighted by atomic mass is 10.0. The zero-order valence-electron chi connectivity index (χ0n) is 19.2. The molecular weight excluding hydrogens is 370 g/mol. The molecule has 0 aliphatic heterocycles. The highest BCUT2D eigenvalue weighted by Crippen LogP contribution is 2.12. The maximum Gasteiger partial charge on any atom is 0.410 e. The van der Waals surface area contributed by atoms with Crippen LogP contribution in [0.1, 0.15) is 96.8 Å². The molecule has 0 radical (unpaired) electrons. The Bertz CT molecular complexity index is 389. The molecule has 0 aromatic rings. The van der Waals surface area contributed by atoms with Gasteiger partial charge in [0.05, 0.1) is 13.2 Å². The van der Waals surface area contributed by atoms with Gasteiger partial charge < -0.3 is 19.1 Å². The number of unbranched alkanes of at least 4 members (excludes halogenated alkanes) is 13. The summed E-state index contributed by atoms with van der Waals surface area (Å²) in [6.07, 6.45) is 17.6. The largest absolute Gasteiger partial charge is 0.464 e. The van der Waals surface area contributed by atoms with Gasteiger partial charge >= 0.3 is 12.1 Å². The lowest BCUT2D eigenvalue weighted by Crippen LogP contribution is -2.34. The molecule has 6 nitrogen and oxygen atoms in total. The molecule has 0 aromatic heterocycles. The third-order valence-corrected chi connectivity index (χ3v) is 4.95. The van der Waals surface area contributed by atoms with Crippen molar-refractivity contribution in [2.45, 2.75) is 96.8 Å². The molecule has 0 heterocycles. The van der Waals surface area contributed by atoms with Gasteiger partial charge in [0, 0.05) is 14.2 Å². The summed E-state index contributed by atoms with van der Waals surface area (Å²) in [4.78, 5) is 24.5. The minimum Gasteiger partial charge on any atom is -0.464 e. The Hall–Kier alpha value is -1.30. The number of rotatable bonds is 20. The van der Waals surface area contributed by atoms with Crippen molar-refractivity contribution < 1.29 is 23.8 Å². The minimum atomic E-state index is -0.546. The van der Waals surface area contributed by atoms with E-state index in [2.05, 4.69) is 6.92 Å². The quantitative estimate of drug-likeness (QED) is 0.188. The summed E-state index contributed by atoms with van der Waals surface area (Å²) in [7, 11) is 3.05. The van der Waals surface area contributed by atoms with E-state index in [-0.39, 0.29) is 13.2 Å². The maximum atomic E-state index is 11.7. The Kier molecular flexibility index (Phi) is 20.5. The number of nitrogens with zero attached hydrogens (tertiary/aromatic N) is 1. The zero-order valence-corrected chi connectivity index (χ0v) is 19.2. The van der Waals surface area contributed by atoms with Crippen LogP contribution in [-0.4, -0.2) is 57.5 Å². The first-order chi connectivity index (χ1) is 14.1. The molecule has 172 valence electrons. The van der Waals surface area contributed by atoms with Gasteiger partial charge in [0.2, 0.25) is 0 Å². The number of likely N-dealkylation sites (N-methyl/N-ethyl adjacent to an activating group) is 1. The number of carbonyl (C=O) groups is 2. The van der Waals surface area contributed by atoms with E-state index in [4.69, 9.17) is 14.2 Å². The number of carbonyl (C=O) groups excluding carboxylic acids is 2. The SMILES string of the molecule is CCCCCCCCCCCCCCCCOC(=O)CN(C)C(=O)OCCOC. The zero-order chi connectivity index (χ0) is 21.6. The van der Waals surface area contributed by atoms with Crippen LogP contribution in [0.4, 0.5) is 4.79 Å². The van der Waals surface area contributed by atoms with E-state index in [0.717, 1.165) is 12.8 Å². The second-order valence-corrected chi connectivity index (χ2v) is 7.78. The van der Waals surface area contributed by atoms with Crippen LogP contribution >= 0.6 is 0 Å². The fraction of sp³-hybridized carbons (Fsp3) is 0.913. The topological polar surface area (TPSA) is 65.1 Å². The van der Waals surface area contributed by atoms with Crippen molar-refractivity contribution in [2.75, 3.05) is 40.5 Å². The molecule has 0 aliphatic carbocycles. The fourth-order valence-electron chi connectivity index (χ4n) is 3.11. The number of esters is 1. The van der Waals surface area contributed by atoms with Crippen LogP contribution in [0.2, 0.25) is 0 Å². The van der Waals surface area contributed by atoms with Gasteiger partial charge in [-0.1, -0.05) is 90.4 Å². The number of hydrogen-bond acceptors (Lipinski definition) is 5. The van der Waals surface area contributed by atoms with Gasteiger partial charge in [0.15, 0.2) is 0 Å². The van der Waals surface area contributed by atoms with Gasteiger partial charge in [-0.15, -0.1) is 0 Å². The Morgan fingerprint density at radius 1 is 0.655 bits per heavy atom. The van der Waals surface area contributed by atoms with Crippen molar-refractivity contribution in [3.63, 3.8) is 0 Å². The molecule has 0 spiro atoms. The smallest absolute Gasteiger partial charge is 0.410 e. The molecule has 0 N–H and O–H groups in total. The second kappa shape index (κ2) is 21.4. The maximum absolute atomic E-state index is 11.7. The van der Waals surface area contributed by atoms with E-state index in [9.17, 15) is 9.59 Å². The number of methoxy groups -OCH3 is 1. The van der Waals surface area contributed by atoms with E-state index in [0.29, 0.717) is 13.2 Å². The van der Waals surface area contributed by atoms with Crippen LogP contribution in [0, 0.1) is 0 Å². The Labute approximate surface area is 178 Å². The van der Waals surface area contributed by atoms with Crippen molar-refractivity contribution >= 4 is 12.1 Å². The highest BCUT2D eigenvalue weighted by atomic mass is 16.6. The molecule has 0 saturated heterocycles. The van der Waals surface area contributed by atoms with Crippen LogP contribution in [0.5, 0.6) is 0 Å².